The summed E-state index contributed by atoms with van der Waals surface area (Å²) in [7, 11) is 0. The molecular formula is C18H25N2O+. The third-order valence-electron chi connectivity index (χ3n) is 4.86. The number of nitrogens with two attached hydrogens (primary N) is 1. The Kier molecular flexibility index (Phi) is 3.18. The van der Waals surface area contributed by atoms with Crippen LogP contribution in [-0.4, -0.2) is 17.7 Å². The molecule has 3 nitrogen and oxygen atoms in total. The zero-order valence-corrected chi connectivity index (χ0v) is 13.1. The Balaban J connectivity index is 1.81. The second kappa shape index (κ2) is 5.06. The van der Waals surface area contributed by atoms with Crippen molar-refractivity contribution in [1.82, 2.24) is 4.57 Å². The van der Waals surface area contributed by atoms with Gasteiger partial charge in [-0.2, -0.15) is 0 Å². The lowest BCUT2D eigenvalue weighted by Crippen LogP contribution is -2.88. The molecule has 1 aromatic carbocycles. The molecule has 0 saturated heterocycles. The van der Waals surface area contributed by atoms with E-state index in [0.29, 0.717) is 12.0 Å². The van der Waals surface area contributed by atoms with E-state index in [9.17, 15) is 0 Å². The van der Waals surface area contributed by atoms with Crippen LogP contribution in [0.3, 0.4) is 0 Å². The summed E-state index contributed by atoms with van der Waals surface area (Å²) in [6.07, 6.45) is 3.89. The second-order valence-electron chi connectivity index (χ2n) is 6.92. The predicted octanol–water partition coefficient (Wildman–Crippen LogP) is 2.63. The molecule has 1 aliphatic heterocycles. The Morgan fingerprint density at radius 3 is 3.14 bits per heavy atom. The highest BCUT2D eigenvalue weighted by Crippen LogP contribution is 2.38. The fourth-order valence-electron chi connectivity index (χ4n) is 3.97. The first kappa shape index (κ1) is 13.2. The van der Waals surface area contributed by atoms with Gasteiger partial charge in [0.1, 0.15) is 11.8 Å². The van der Waals surface area contributed by atoms with Gasteiger partial charge in [0.25, 0.3) is 0 Å². The van der Waals surface area contributed by atoms with Gasteiger partial charge in [-0.1, -0.05) is 13.8 Å². The fourth-order valence-corrected chi connectivity index (χ4v) is 3.97. The van der Waals surface area contributed by atoms with Crippen molar-refractivity contribution < 1.29 is 10.1 Å². The molecule has 0 bridgehead atoms. The quantitative estimate of drug-likeness (QED) is 0.923. The zero-order valence-electron chi connectivity index (χ0n) is 13.1. The molecule has 2 aromatic rings. The fraction of sp³-hybridized carbons (Fsp3) is 0.556. The first-order chi connectivity index (χ1) is 10.2. The van der Waals surface area contributed by atoms with Crippen molar-refractivity contribution in [2.45, 2.75) is 45.7 Å². The lowest BCUT2D eigenvalue weighted by molar-refractivity contribution is -0.704. The van der Waals surface area contributed by atoms with Gasteiger partial charge in [-0.25, -0.2) is 0 Å². The molecule has 1 atom stereocenters. The third-order valence-corrected chi connectivity index (χ3v) is 4.86. The molecule has 1 aliphatic carbocycles. The van der Waals surface area contributed by atoms with E-state index in [-0.39, 0.29) is 0 Å². The summed E-state index contributed by atoms with van der Waals surface area (Å²) in [5.74, 6) is 1.60. The van der Waals surface area contributed by atoms with E-state index in [1.807, 2.05) is 0 Å². The first-order valence-electron chi connectivity index (χ1n) is 8.35. The van der Waals surface area contributed by atoms with E-state index < -0.39 is 0 Å². The average Bonchev–Trinajstić information content (AvgIpc) is 2.82. The summed E-state index contributed by atoms with van der Waals surface area (Å²) in [5.41, 5.74) is 4.60. The molecule has 2 aliphatic rings. The molecule has 0 spiro atoms. The van der Waals surface area contributed by atoms with Gasteiger partial charge in [-0.15, -0.1) is 0 Å². The summed E-state index contributed by atoms with van der Waals surface area (Å²) in [4.78, 5) is 0. The van der Waals surface area contributed by atoms with E-state index in [1.54, 1.807) is 11.3 Å². The van der Waals surface area contributed by atoms with Crippen LogP contribution in [0.1, 0.15) is 44.0 Å². The monoisotopic (exact) mass is 285 g/mol. The topological polar surface area (TPSA) is 30.8 Å². The Labute approximate surface area is 126 Å². The van der Waals surface area contributed by atoms with E-state index in [4.69, 9.17) is 4.74 Å². The normalized spacial score (nSPS) is 20.8. The Morgan fingerprint density at radius 1 is 1.38 bits per heavy atom. The highest BCUT2D eigenvalue weighted by molar-refractivity contribution is 5.87. The average molecular weight is 285 g/mol. The summed E-state index contributed by atoms with van der Waals surface area (Å²) in [6, 6.07) is 7.38. The summed E-state index contributed by atoms with van der Waals surface area (Å²) in [6.45, 7) is 7.55. The number of benzene rings is 1. The molecule has 0 radical (unpaired) electrons. The Bertz CT molecular complexity index is 669. The highest BCUT2D eigenvalue weighted by atomic mass is 16.5. The van der Waals surface area contributed by atoms with Crippen LogP contribution in [0.5, 0.6) is 5.75 Å². The molecular weight excluding hydrogens is 260 g/mol. The minimum absolute atomic E-state index is 0.570. The van der Waals surface area contributed by atoms with Gasteiger partial charge in [0.05, 0.1) is 25.4 Å². The molecule has 4 rings (SSSR count). The van der Waals surface area contributed by atoms with Gasteiger partial charge in [-0.3, -0.25) is 0 Å². The number of quaternary nitrogens is 1. The summed E-state index contributed by atoms with van der Waals surface area (Å²) >= 11 is 0. The number of ether oxygens (including phenoxy) is 1. The van der Waals surface area contributed by atoms with Crippen molar-refractivity contribution in [2.75, 3.05) is 13.2 Å². The van der Waals surface area contributed by atoms with Crippen LogP contribution in [0, 0.1) is 5.92 Å². The molecule has 3 heteroatoms. The van der Waals surface area contributed by atoms with Crippen LogP contribution in [0.25, 0.3) is 10.9 Å². The Morgan fingerprint density at radius 2 is 2.29 bits per heavy atom. The van der Waals surface area contributed by atoms with Gasteiger partial charge in [0.2, 0.25) is 0 Å². The molecule has 2 heterocycles. The van der Waals surface area contributed by atoms with Crippen LogP contribution in [0.4, 0.5) is 0 Å². The molecule has 112 valence electrons. The van der Waals surface area contributed by atoms with Gasteiger partial charge in [0.15, 0.2) is 0 Å². The van der Waals surface area contributed by atoms with Crippen molar-refractivity contribution in [3.05, 3.63) is 29.5 Å². The van der Waals surface area contributed by atoms with E-state index in [2.05, 4.69) is 41.9 Å². The maximum Gasteiger partial charge on any atom is 0.127 e. The largest absolute Gasteiger partial charge is 0.493 e. The predicted molar refractivity (Wildman–Crippen MR) is 84.7 cm³/mol. The SMILES string of the molecule is CC(C)COc1ccc2c(c1)c1c3n2CC[NH2+]C3CCC1. The standard InChI is InChI=1S/C18H24N2O/c1-12(2)11-21-13-6-7-17-15(10-13)14-4-3-5-16-18(14)20(17)9-8-19-16/h6-7,10,12,16,19H,3-5,8-9,11H2,1-2H3/p+1. The van der Waals surface area contributed by atoms with Crippen LogP contribution in [0.15, 0.2) is 18.2 Å². The maximum atomic E-state index is 5.93. The minimum atomic E-state index is 0.570. The van der Waals surface area contributed by atoms with Gasteiger partial charge >= 0.3 is 0 Å². The third kappa shape index (κ3) is 2.15. The number of hydrogen-bond donors (Lipinski definition) is 1. The van der Waals surface area contributed by atoms with Crippen LogP contribution in [-0.2, 0) is 13.0 Å². The van der Waals surface area contributed by atoms with Gasteiger partial charge < -0.3 is 14.6 Å². The number of fused-ring (bicyclic) bond motifs is 3. The van der Waals surface area contributed by atoms with Crippen molar-refractivity contribution in [3.8, 4) is 5.75 Å². The molecule has 1 unspecified atom stereocenters. The molecule has 21 heavy (non-hydrogen) atoms. The summed E-state index contributed by atoms with van der Waals surface area (Å²) in [5, 5.41) is 3.97. The number of nitrogens with zero attached hydrogens (tertiary/aromatic N) is 1. The summed E-state index contributed by atoms with van der Waals surface area (Å²) < 4.78 is 8.51. The van der Waals surface area contributed by atoms with E-state index in [0.717, 1.165) is 18.9 Å². The first-order valence-corrected chi connectivity index (χ1v) is 8.35. The maximum absolute atomic E-state index is 5.93. The number of rotatable bonds is 3. The zero-order chi connectivity index (χ0) is 14.4. The van der Waals surface area contributed by atoms with Crippen molar-refractivity contribution in [2.24, 2.45) is 5.92 Å². The number of aromatic nitrogens is 1. The second-order valence-corrected chi connectivity index (χ2v) is 6.92. The molecule has 1 aromatic heterocycles. The highest BCUT2D eigenvalue weighted by Gasteiger charge is 2.32. The molecule has 0 saturated carbocycles. The van der Waals surface area contributed by atoms with Gasteiger partial charge in [0, 0.05) is 17.3 Å². The van der Waals surface area contributed by atoms with Crippen LogP contribution in [0.2, 0.25) is 0 Å². The number of hydrogen-bond acceptors (Lipinski definition) is 1. The van der Waals surface area contributed by atoms with Crippen molar-refractivity contribution >= 4 is 10.9 Å². The minimum Gasteiger partial charge on any atom is -0.493 e. The lowest BCUT2D eigenvalue weighted by atomic mass is 9.91. The van der Waals surface area contributed by atoms with Crippen LogP contribution >= 0.6 is 0 Å². The smallest absolute Gasteiger partial charge is 0.127 e. The van der Waals surface area contributed by atoms with Crippen molar-refractivity contribution in [3.63, 3.8) is 0 Å². The number of aryl methyl sites for hydroxylation is 1. The molecule has 2 N–H and O–H groups in total. The lowest BCUT2D eigenvalue weighted by Gasteiger charge is -2.27. The molecule has 0 fully saturated rings. The van der Waals surface area contributed by atoms with Crippen molar-refractivity contribution in [1.29, 1.82) is 0 Å². The Hall–Kier alpha value is -1.48. The molecule has 0 amide bonds. The van der Waals surface area contributed by atoms with Gasteiger partial charge in [-0.05, 0) is 42.5 Å². The van der Waals surface area contributed by atoms with Crippen LogP contribution < -0.4 is 10.1 Å². The van der Waals surface area contributed by atoms with E-state index in [1.165, 1.54) is 36.7 Å². The van der Waals surface area contributed by atoms with E-state index >= 15 is 0 Å².